The summed E-state index contributed by atoms with van der Waals surface area (Å²) in [7, 11) is 0. The third-order valence-electron chi connectivity index (χ3n) is 4.26. The summed E-state index contributed by atoms with van der Waals surface area (Å²) in [6, 6.07) is 0. The van der Waals surface area contributed by atoms with E-state index in [0.29, 0.717) is 13.1 Å². The van der Waals surface area contributed by atoms with Gasteiger partial charge in [0.2, 0.25) is 0 Å². The minimum absolute atomic E-state index is 0.141. The minimum atomic E-state index is -0.786. The number of nitrogens with zero attached hydrogens (tertiary/aromatic N) is 1. The van der Waals surface area contributed by atoms with Crippen molar-refractivity contribution in [3.05, 3.63) is 0 Å². The molecule has 2 fully saturated rings. The molecule has 0 radical (unpaired) electrons. The maximum atomic E-state index is 10.9. The number of carbonyl (C=O) groups is 1. The lowest BCUT2D eigenvalue weighted by molar-refractivity contribution is -0.0523. The van der Waals surface area contributed by atoms with E-state index in [1.54, 1.807) is 0 Å². The zero-order chi connectivity index (χ0) is 12.7. The van der Waals surface area contributed by atoms with Gasteiger partial charge in [-0.15, -0.1) is 0 Å². The SMILES string of the molecule is CC(C)(C)C1OCCC12CCN(C(=O)O)CC2. The molecule has 4 heteroatoms. The molecule has 1 spiro atoms. The molecule has 4 nitrogen and oxygen atoms in total. The van der Waals surface area contributed by atoms with Crippen LogP contribution in [0.25, 0.3) is 0 Å². The highest BCUT2D eigenvalue weighted by atomic mass is 16.5. The lowest BCUT2D eigenvalue weighted by atomic mass is 9.65. The molecule has 2 rings (SSSR count). The zero-order valence-electron chi connectivity index (χ0n) is 11.0. The molecule has 0 aromatic heterocycles. The molecular weight excluding hydrogens is 218 g/mol. The molecule has 17 heavy (non-hydrogen) atoms. The fourth-order valence-corrected chi connectivity index (χ4v) is 3.51. The average molecular weight is 241 g/mol. The first-order chi connectivity index (χ1) is 7.85. The molecule has 0 bridgehead atoms. The third kappa shape index (κ3) is 2.28. The van der Waals surface area contributed by atoms with Crippen LogP contribution in [-0.4, -0.2) is 41.9 Å². The molecule has 1 unspecified atom stereocenters. The third-order valence-corrected chi connectivity index (χ3v) is 4.26. The van der Waals surface area contributed by atoms with Crippen molar-refractivity contribution in [1.29, 1.82) is 0 Å². The largest absolute Gasteiger partial charge is 0.465 e. The van der Waals surface area contributed by atoms with Crippen LogP contribution in [0.2, 0.25) is 0 Å². The molecule has 98 valence electrons. The van der Waals surface area contributed by atoms with Crippen LogP contribution >= 0.6 is 0 Å². The van der Waals surface area contributed by atoms with Crippen molar-refractivity contribution in [2.24, 2.45) is 10.8 Å². The van der Waals surface area contributed by atoms with Gasteiger partial charge in [-0.1, -0.05) is 20.8 Å². The molecule has 2 aliphatic rings. The van der Waals surface area contributed by atoms with Gasteiger partial charge in [-0.25, -0.2) is 4.79 Å². The molecule has 0 saturated carbocycles. The van der Waals surface area contributed by atoms with Crippen molar-refractivity contribution in [3.63, 3.8) is 0 Å². The second-order valence-corrected chi connectivity index (χ2v) is 6.50. The number of rotatable bonds is 0. The van der Waals surface area contributed by atoms with E-state index in [1.807, 2.05) is 0 Å². The van der Waals surface area contributed by atoms with Gasteiger partial charge in [0, 0.05) is 25.1 Å². The van der Waals surface area contributed by atoms with Crippen molar-refractivity contribution in [1.82, 2.24) is 4.90 Å². The summed E-state index contributed by atoms with van der Waals surface area (Å²) in [5.41, 5.74) is 0.353. The van der Waals surface area contributed by atoms with Crippen LogP contribution in [0.5, 0.6) is 0 Å². The van der Waals surface area contributed by atoms with E-state index in [4.69, 9.17) is 9.84 Å². The Morgan fingerprint density at radius 2 is 1.88 bits per heavy atom. The molecule has 0 aromatic carbocycles. The second kappa shape index (κ2) is 4.16. The molecule has 1 amide bonds. The first kappa shape index (κ1) is 12.7. The Hall–Kier alpha value is -0.770. The number of amides is 1. The van der Waals surface area contributed by atoms with E-state index in [1.165, 1.54) is 4.90 Å². The highest BCUT2D eigenvalue weighted by Crippen LogP contribution is 2.50. The van der Waals surface area contributed by atoms with Crippen molar-refractivity contribution in [3.8, 4) is 0 Å². The van der Waals surface area contributed by atoms with Crippen LogP contribution in [0, 0.1) is 10.8 Å². The molecule has 0 aliphatic carbocycles. The maximum Gasteiger partial charge on any atom is 0.407 e. The minimum Gasteiger partial charge on any atom is -0.465 e. The molecule has 0 aromatic rings. The van der Waals surface area contributed by atoms with Gasteiger partial charge in [0.25, 0.3) is 0 Å². The summed E-state index contributed by atoms with van der Waals surface area (Å²) in [5.74, 6) is 0. The second-order valence-electron chi connectivity index (χ2n) is 6.50. The van der Waals surface area contributed by atoms with Crippen LogP contribution in [0.3, 0.4) is 0 Å². The van der Waals surface area contributed by atoms with Crippen molar-refractivity contribution in [2.45, 2.75) is 46.1 Å². The van der Waals surface area contributed by atoms with Gasteiger partial charge in [-0.3, -0.25) is 0 Å². The van der Waals surface area contributed by atoms with E-state index in [9.17, 15) is 4.79 Å². The van der Waals surface area contributed by atoms with Gasteiger partial charge in [-0.2, -0.15) is 0 Å². The summed E-state index contributed by atoms with van der Waals surface area (Å²) in [6.07, 6.45) is 2.46. The maximum absolute atomic E-state index is 10.9. The first-order valence-electron chi connectivity index (χ1n) is 6.45. The summed E-state index contributed by atoms with van der Waals surface area (Å²) in [6.45, 7) is 8.79. The Morgan fingerprint density at radius 1 is 1.29 bits per heavy atom. The average Bonchev–Trinajstić information content (AvgIpc) is 2.62. The standard InChI is InChI=1S/C13H23NO3/c1-12(2,3)10-13(6-9-17-10)4-7-14(8-5-13)11(15)16/h10H,4-9H2,1-3H3,(H,15,16). The molecule has 1 N–H and O–H groups in total. The van der Waals surface area contributed by atoms with E-state index in [0.717, 1.165) is 25.9 Å². The van der Waals surface area contributed by atoms with Gasteiger partial charge in [-0.05, 0) is 24.7 Å². The predicted octanol–water partition coefficient (Wildman–Crippen LogP) is 2.58. The number of piperidine rings is 1. The summed E-state index contributed by atoms with van der Waals surface area (Å²) < 4.78 is 5.94. The molecule has 2 saturated heterocycles. The quantitative estimate of drug-likeness (QED) is 0.709. The number of ether oxygens (including phenoxy) is 1. The zero-order valence-corrected chi connectivity index (χ0v) is 11.0. The van der Waals surface area contributed by atoms with Crippen LogP contribution in [0.15, 0.2) is 0 Å². The van der Waals surface area contributed by atoms with E-state index in [2.05, 4.69) is 20.8 Å². The molecule has 1 atom stereocenters. The monoisotopic (exact) mass is 241 g/mol. The Balaban J connectivity index is 2.08. The van der Waals surface area contributed by atoms with Gasteiger partial charge in [0.05, 0.1) is 6.10 Å². The van der Waals surface area contributed by atoms with Crippen LogP contribution in [0.1, 0.15) is 40.0 Å². The smallest absolute Gasteiger partial charge is 0.407 e. The molecular formula is C13H23NO3. The lowest BCUT2D eigenvalue weighted by Crippen LogP contribution is -2.49. The fourth-order valence-electron chi connectivity index (χ4n) is 3.51. The van der Waals surface area contributed by atoms with Gasteiger partial charge < -0.3 is 14.7 Å². The van der Waals surface area contributed by atoms with Gasteiger partial charge >= 0.3 is 6.09 Å². The van der Waals surface area contributed by atoms with Crippen LogP contribution in [-0.2, 0) is 4.74 Å². The number of hydrogen-bond acceptors (Lipinski definition) is 2. The molecule has 2 aliphatic heterocycles. The highest BCUT2D eigenvalue weighted by Gasteiger charge is 2.50. The van der Waals surface area contributed by atoms with E-state index < -0.39 is 6.09 Å². The molecule has 2 heterocycles. The Labute approximate surface area is 103 Å². The van der Waals surface area contributed by atoms with E-state index >= 15 is 0 Å². The van der Waals surface area contributed by atoms with Gasteiger partial charge in [0.15, 0.2) is 0 Å². The first-order valence-corrected chi connectivity index (χ1v) is 6.45. The highest BCUT2D eigenvalue weighted by molar-refractivity contribution is 5.65. The summed E-state index contributed by atoms with van der Waals surface area (Å²) in [5, 5.41) is 8.99. The fraction of sp³-hybridized carbons (Fsp3) is 0.923. The number of likely N-dealkylation sites (tertiary alicyclic amines) is 1. The van der Waals surface area contributed by atoms with Crippen molar-refractivity contribution >= 4 is 6.09 Å². The topological polar surface area (TPSA) is 49.8 Å². The Bertz CT molecular complexity index is 300. The van der Waals surface area contributed by atoms with Crippen molar-refractivity contribution < 1.29 is 14.6 Å². The lowest BCUT2D eigenvalue weighted by Gasteiger charge is -2.45. The predicted molar refractivity (Wildman–Crippen MR) is 65.1 cm³/mol. The van der Waals surface area contributed by atoms with Gasteiger partial charge in [0.1, 0.15) is 0 Å². The van der Waals surface area contributed by atoms with Crippen molar-refractivity contribution in [2.75, 3.05) is 19.7 Å². The Kier molecular flexibility index (Phi) is 3.10. The van der Waals surface area contributed by atoms with Crippen LogP contribution < -0.4 is 0 Å². The number of carboxylic acid groups (broad SMARTS) is 1. The Morgan fingerprint density at radius 3 is 2.35 bits per heavy atom. The van der Waals surface area contributed by atoms with Crippen LogP contribution in [0.4, 0.5) is 4.79 Å². The number of hydrogen-bond donors (Lipinski definition) is 1. The normalized spacial score (nSPS) is 28.6. The summed E-state index contributed by atoms with van der Waals surface area (Å²) in [4.78, 5) is 12.5. The van der Waals surface area contributed by atoms with E-state index in [-0.39, 0.29) is 16.9 Å². The summed E-state index contributed by atoms with van der Waals surface area (Å²) >= 11 is 0.